The molecule has 3 rings (SSSR count). The largest absolute Gasteiger partial charge is 0.497 e. The van der Waals surface area contributed by atoms with E-state index in [4.69, 9.17) is 16.3 Å². The molecule has 150 valence electrons. The summed E-state index contributed by atoms with van der Waals surface area (Å²) < 4.78 is 32.4. The third kappa shape index (κ3) is 3.74. The van der Waals surface area contributed by atoms with Crippen molar-refractivity contribution in [2.24, 2.45) is 0 Å². The Morgan fingerprint density at radius 2 is 2.00 bits per heavy atom. The van der Waals surface area contributed by atoms with E-state index in [0.717, 1.165) is 0 Å². The van der Waals surface area contributed by atoms with E-state index in [1.165, 1.54) is 13.2 Å². The number of carbonyl (C=O) groups excluding carboxylic acids is 1. The van der Waals surface area contributed by atoms with Gasteiger partial charge in [0.2, 0.25) is 9.84 Å². The summed E-state index contributed by atoms with van der Waals surface area (Å²) in [5.41, 5.74) is 0.812. The zero-order valence-corrected chi connectivity index (χ0v) is 17.4. The summed E-state index contributed by atoms with van der Waals surface area (Å²) >= 11 is 6.16. The highest BCUT2D eigenvalue weighted by Gasteiger charge is 2.47. The number of methoxy groups -OCH3 is 1. The van der Waals surface area contributed by atoms with Gasteiger partial charge in [0, 0.05) is 17.1 Å². The minimum atomic E-state index is -3.91. The van der Waals surface area contributed by atoms with Crippen LogP contribution in [0.4, 0.5) is 0 Å². The molecule has 8 heteroatoms. The number of nitrogens with one attached hydrogen (secondary N) is 2. The van der Waals surface area contributed by atoms with Gasteiger partial charge >= 0.3 is 0 Å². The van der Waals surface area contributed by atoms with Gasteiger partial charge in [-0.05, 0) is 62.2 Å². The van der Waals surface area contributed by atoms with Crippen molar-refractivity contribution in [1.29, 1.82) is 0 Å². The van der Waals surface area contributed by atoms with Crippen LogP contribution in [0.3, 0.4) is 0 Å². The van der Waals surface area contributed by atoms with Crippen molar-refractivity contribution in [3.63, 3.8) is 0 Å². The van der Waals surface area contributed by atoms with Crippen LogP contribution in [0.2, 0.25) is 5.02 Å². The number of sulfone groups is 1. The van der Waals surface area contributed by atoms with Crippen LogP contribution in [0.5, 0.6) is 5.75 Å². The first-order valence-electron chi connectivity index (χ1n) is 8.98. The first kappa shape index (κ1) is 20.6. The van der Waals surface area contributed by atoms with Gasteiger partial charge in [0.25, 0.3) is 5.91 Å². The monoisotopic (exact) mass is 422 g/mol. The average molecular weight is 423 g/mol. The topological polar surface area (TPSA) is 84.5 Å². The van der Waals surface area contributed by atoms with Crippen molar-refractivity contribution >= 4 is 27.3 Å². The fourth-order valence-corrected chi connectivity index (χ4v) is 5.77. The molecule has 1 fully saturated rings. The summed E-state index contributed by atoms with van der Waals surface area (Å²) in [6, 6.07) is 11.4. The molecule has 0 unspecified atom stereocenters. The lowest BCUT2D eigenvalue weighted by atomic mass is 10.1. The van der Waals surface area contributed by atoms with Crippen molar-refractivity contribution in [1.82, 2.24) is 10.6 Å². The van der Waals surface area contributed by atoms with Crippen LogP contribution in [-0.2, 0) is 9.84 Å². The summed E-state index contributed by atoms with van der Waals surface area (Å²) in [4.78, 5) is 11.6. The average Bonchev–Trinajstić information content (AvgIpc) is 2.70. The molecule has 0 bridgehead atoms. The standard InChI is InChI=1S/C20H23ClN2O4S/c1-14-17(21)8-4-9-18(14)28(25,26)20(10-5-11-22-13-20)23-19(24)15-6-3-7-16(12-15)27-2/h3-4,6-9,12,22H,5,10-11,13H2,1-2H3,(H,23,24)/t20-/m0/s1. The highest BCUT2D eigenvalue weighted by atomic mass is 35.5. The maximum atomic E-state index is 13.6. The van der Waals surface area contributed by atoms with Crippen LogP contribution < -0.4 is 15.4 Å². The summed E-state index contributed by atoms with van der Waals surface area (Å²) in [5, 5.41) is 6.29. The van der Waals surface area contributed by atoms with Crippen LogP contribution in [0, 0.1) is 6.92 Å². The normalized spacial score (nSPS) is 19.8. The second kappa shape index (κ2) is 8.11. The number of rotatable bonds is 5. The van der Waals surface area contributed by atoms with Crippen molar-refractivity contribution in [3.05, 3.63) is 58.6 Å². The summed E-state index contributed by atoms with van der Waals surface area (Å²) in [6.45, 7) is 2.49. The molecular formula is C20H23ClN2O4S. The first-order valence-corrected chi connectivity index (χ1v) is 10.8. The van der Waals surface area contributed by atoms with E-state index in [1.807, 2.05) is 0 Å². The van der Waals surface area contributed by atoms with Gasteiger partial charge < -0.3 is 15.4 Å². The number of piperidine rings is 1. The highest BCUT2D eigenvalue weighted by Crippen LogP contribution is 2.34. The maximum Gasteiger partial charge on any atom is 0.252 e. The van der Waals surface area contributed by atoms with E-state index >= 15 is 0 Å². The fraction of sp³-hybridized carbons (Fsp3) is 0.350. The molecule has 28 heavy (non-hydrogen) atoms. The molecule has 1 atom stereocenters. The van der Waals surface area contributed by atoms with Crippen molar-refractivity contribution in [2.45, 2.75) is 29.5 Å². The Hall–Kier alpha value is -2.09. The molecular weight excluding hydrogens is 400 g/mol. The van der Waals surface area contributed by atoms with Crippen molar-refractivity contribution in [3.8, 4) is 5.75 Å². The zero-order valence-electron chi connectivity index (χ0n) is 15.8. The van der Waals surface area contributed by atoms with Gasteiger partial charge in [-0.15, -0.1) is 0 Å². The second-order valence-electron chi connectivity index (χ2n) is 6.83. The molecule has 2 aromatic rings. The number of amides is 1. The Labute approximate surface area is 170 Å². The molecule has 1 heterocycles. The highest BCUT2D eigenvalue weighted by molar-refractivity contribution is 7.93. The van der Waals surface area contributed by atoms with Gasteiger partial charge in [0.1, 0.15) is 5.75 Å². The molecule has 0 radical (unpaired) electrons. The van der Waals surface area contributed by atoms with Gasteiger partial charge in [0.15, 0.2) is 4.87 Å². The van der Waals surface area contributed by atoms with Gasteiger partial charge in [-0.1, -0.05) is 23.7 Å². The molecule has 1 saturated heterocycles. The lowest BCUT2D eigenvalue weighted by molar-refractivity contribution is 0.0916. The van der Waals surface area contributed by atoms with Gasteiger partial charge in [0.05, 0.1) is 12.0 Å². The molecule has 2 N–H and O–H groups in total. The van der Waals surface area contributed by atoms with E-state index in [-0.39, 0.29) is 11.4 Å². The third-order valence-corrected chi connectivity index (χ3v) is 7.95. The summed E-state index contributed by atoms with van der Waals surface area (Å²) in [6.07, 6.45) is 0.932. The molecule has 1 aliphatic rings. The van der Waals surface area contributed by atoms with Crippen molar-refractivity contribution < 1.29 is 17.9 Å². The van der Waals surface area contributed by atoms with Crippen LogP contribution in [0.1, 0.15) is 28.8 Å². The van der Waals surface area contributed by atoms with Crippen LogP contribution in [0.15, 0.2) is 47.4 Å². The third-order valence-electron chi connectivity index (χ3n) is 5.04. The molecule has 0 aromatic heterocycles. The lowest BCUT2D eigenvalue weighted by Crippen LogP contribution is -2.62. The molecule has 0 spiro atoms. The van der Waals surface area contributed by atoms with Gasteiger partial charge in [-0.3, -0.25) is 4.79 Å². The summed E-state index contributed by atoms with van der Waals surface area (Å²) in [5.74, 6) is 0.0582. The van der Waals surface area contributed by atoms with Crippen LogP contribution in [0.25, 0.3) is 0 Å². The number of benzene rings is 2. The second-order valence-corrected chi connectivity index (χ2v) is 9.46. The minimum absolute atomic E-state index is 0.122. The molecule has 1 amide bonds. The Bertz CT molecular complexity index is 985. The molecule has 1 aliphatic heterocycles. The molecule has 6 nitrogen and oxygen atoms in total. The van der Waals surface area contributed by atoms with Crippen LogP contribution in [-0.4, -0.2) is 39.4 Å². The number of halogens is 1. The van der Waals surface area contributed by atoms with Crippen LogP contribution >= 0.6 is 11.6 Å². The molecule has 0 saturated carbocycles. The predicted molar refractivity (Wildman–Crippen MR) is 109 cm³/mol. The Kier molecular flexibility index (Phi) is 5.98. The first-order chi connectivity index (χ1) is 13.3. The minimum Gasteiger partial charge on any atom is -0.497 e. The van der Waals surface area contributed by atoms with Gasteiger partial charge in [-0.25, -0.2) is 8.42 Å². The molecule has 0 aliphatic carbocycles. The van der Waals surface area contributed by atoms with E-state index in [9.17, 15) is 13.2 Å². The fourth-order valence-electron chi connectivity index (χ4n) is 3.41. The number of ether oxygens (including phenoxy) is 1. The Morgan fingerprint density at radius 1 is 1.25 bits per heavy atom. The number of hydrogen-bond donors (Lipinski definition) is 2. The smallest absolute Gasteiger partial charge is 0.252 e. The predicted octanol–water partition coefficient (Wildman–Crippen LogP) is 2.94. The quantitative estimate of drug-likeness (QED) is 0.773. The lowest BCUT2D eigenvalue weighted by Gasteiger charge is -2.38. The maximum absolute atomic E-state index is 13.6. The van der Waals surface area contributed by atoms with Gasteiger partial charge in [-0.2, -0.15) is 0 Å². The van der Waals surface area contributed by atoms with E-state index in [1.54, 1.807) is 43.3 Å². The SMILES string of the molecule is COc1cccc(C(=O)N[C@]2(S(=O)(=O)c3cccc(Cl)c3C)CCCNC2)c1. The van der Waals surface area contributed by atoms with Crippen molar-refractivity contribution in [2.75, 3.05) is 20.2 Å². The van der Waals surface area contributed by atoms with E-state index in [0.29, 0.717) is 41.3 Å². The molecule has 2 aromatic carbocycles. The Morgan fingerprint density at radius 3 is 2.68 bits per heavy atom. The number of hydrogen-bond acceptors (Lipinski definition) is 5. The summed E-state index contributed by atoms with van der Waals surface area (Å²) in [7, 11) is -2.40. The number of carbonyl (C=O) groups is 1. The van der Waals surface area contributed by atoms with E-state index < -0.39 is 20.6 Å². The Balaban J connectivity index is 2.03. The zero-order chi connectivity index (χ0) is 20.4. The van der Waals surface area contributed by atoms with E-state index in [2.05, 4.69) is 10.6 Å².